The molecule has 5 aromatic carbocycles. The number of nitrogens with zero attached hydrogens (tertiary/aromatic N) is 6. The Kier molecular flexibility index (Phi) is 17.3. The molecule has 77 heavy (non-hydrogen) atoms. The molecule has 4 heterocycles. The first-order valence-corrected chi connectivity index (χ1v) is 31.9. The zero-order valence-electron chi connectivity index (χ0n) is 43.2. The molecule has 0 saturated carbocycles. The number of phosphoric acid groups is 1. The minimum absolute atomic E-state index is 0.109. The second-order valence-electron chi connectivity index (χ2n) is 19.9. The van der Waals surface area contributed by atoms with E-state index in [1.165, 1.54) is 24.5 Å². The van der Waals surface area contributed by atoms with E-state index in [-0.39, 0.29) is 40.3 Å². The van der Waals surface area contributed by atoms with Gasteiger partial charge >= 0.3 is 15.3 Å². The molecule has 0 aliphatic carbocycles. The lowest BCUT2D eigenvalue weighted by Gasteiger charge is -2.37. The summed E-state index contributed by atoms with van der Waals surface area (Å²) < 4.78 is 83.9. The number of likely N-dealkylation sites (tertiary alicyclic amines) is 1. The number of anilines is 4. The van der Waals surface area contributed by atoms with Crippen LogP contribution >= 0.6 is 38.7 Å². The van der Waals surface area contributed by atoms with E-state index < -0.39 is 42.0 Å². The van der Waals surface area contributed by atoms with E-state index in [4.69, 9.17) is 20.6 Å². The Morgan fingerprint density at radius 3 is 2.16 bits per heavy atom. The number of rotatable bonds is 19. The number of piperidine rings is 1. The van der Waals surface area contributed by atoms with Gasteiger partial charge in [-0.05, 0) is 130 Å². The van der Waals surface area contributed by atoms with Gasteiger partial charge in [-0.2, -0.15) is 0 Å². The second-order valence-corrected chi connectivity index (χ2v) is 26.9. The molecule has 0 bridgehead atoms. The minimum atomic E-state index is -4.58. The summed E-state index contributed by atoms with van der Waals surface area (Å²) in [6, 6.07) is 33.7. The van der Waals surface area contributed by atoms with Crippen molar-refractivity contribution in [3.63, 3.8) is 0 Å². The van der Waals surface area contributed by atoms with E-state index >= 15 is 4.39 Å². The van der Waals surface area contributed by atoms with Crippen LogP contribution in [0.3, 0.4) is 0 Å². The van der Waals surface area contributed by atoms with E-state index in [0.717, 1.165) is 16.1 Å². The molecular formula is C54H63ClFN7O10P2S2. The Morgan fingerprint density at radius 2 is 1.53 bits per heavy atom. The molecule has 0 amide bonds. The molecule has 2 atom stereocenters. The van der Waals surface area contributed by atoms with Crippen molar-refractivity contribution >= 4 is 82.3 Å². The molecule has 0 radical (unpaired) electrons. The summed E-state index contributed by atoms with van der Waals surface area (Å²) in [5.74, 6) is 0.102. The summed E-state index contributed by atoms with van der Waals surface area (Å²) in [6.07, 6.45) is 2.22. The summed E-state index contributed by atoms with van der Waals surface area (Å²) in [4.78, 5) is 38.5. The predicted octanol–water partition coefficient (Wildman–Crippen LogP) is 11.0. The standard InChI is InChI=1S/C54H63ClFN7O10P2S2/c1-37(2)62-38(3)54(77(4,70)71)52(53(62)39-10-12-41(55)13-11-39)40-32-42(56)34-46(33-40)60-28-26-59(27-29-60)44-14-16-45(17-15-44)61-30-31-72-74(61,66)48-18-19-50(51(35-48)63(64)65)57-43(36-76-49-8-6-5-7-9-49)20-23-58-24-21-47(22-25-58)73-75(67,68)69/h5-19,32-35,37,43,47,57H,20-31,36H2,1-4H3,(H2,67,68,69)/t43-,74-/m1/s1. The Morgan fingerprint density at radius 1 is 0.883 bits per heavy atom. The van der Waals surface area contributed by atoms with Crippen LogP contribution in [0.15, 0.2) is 125 Å². The zero-order chi connectivity index (χ0) is 54.8. The highest BCUT2D eigenvalue weighted by molar-refractivity contribution is 7.99. The number of thioether (sulfide) groups is 1. The monoisotopic (exact) mass is 1150 g/mol. The van der Waals surface area contributed by atoms with Crippen molar-refractivity contribution in [2.24, 2.45) is 0 Å². The molecule has 1 aromatic heterocycles. The van der Waals surface area contributed by atoms with Crippen molar-refractivity contribution in [2.75, 3.05) is 90.8 Å². The first kappa shape index (κ1) is 56.5. The number of phosphoric ester groups is 1. The number of benzene rings is 5. The van der Waals surface area contributed by atoms with E-state index in [1.54, 1.807) is 47.6 Å². The number of nitro groups is 1. The van der Waals surface area contributed by atoms with Gasteiger partial charge in [0.15, 0.2) is 9.84 Å². The van der Waals surface area contributed by atoms with Crippen LogP contribution in [0.1, 0.15) is 44.8 Å². The Labute approximate surface area is 458 Å². The van der Waals surface area contributed by atoms with Crippen molar-refractivity contribution in [3.8, 4) is 22.4 Å². The summed E-state index contributed by atoms with van der Waals surface area (Å²) in [5.41, 5.74) is 5.13. The second kappa shape index (κ2) is 23.6. The third-order valence-corrected chi connectivity index (χ3v) is 20.1. The quantitative estimate of drug-likeness (QED) is 0.0299. The zero-order valence-corrected chi connectivity index (χ0v) is 47.4. The molecule has 3 fully saturated rings. The SMILES string of the molecule is Cc1c(S(C)(=O)=O)c(-c2cc(F)cc(N3CCN(c4ccc(N5CCO[P@]5(=O)c5ccc(N[C@H](CCN6CCC(OP(=O)(O)O)CC6)CSc6ccccc6)c([N+](=O)[O-])c5)cc4)CC3)c2)c(-c2ccc(Cl)cc2)n1C(C)C. The van der Waals surface area contributed by atoms with Crippen molar-refractivity contribution in [2.45, 2.75) is 68.0 Å². The number of nitro benzene ring substituents is 1. The van der Waals surface area contributed by atoms with Crippen LogP contribution in [0.25, 0.3) is 22.4 Å². The molecule has 0 unspecified atom stereocenters. The van der Waals surface area contributed by atoms with Gasteiger partial charge in [0.05, 0.1) is 40.1 Å². The highest BCUT2D eigenvalue weighted by atomic mass is 35.5. The van der Waals surface area contributed by atoms with Gasteiger partial charge in [-0.3, -0.25) is 23.9 Å². The molecular weight excluding hydrogens is 1090 g/mol. The fraction of sp³-hybridized carbons (Fsp3) is 0.370. The highest BCUT2D eigenvalue weighted by Crippen LogP contribution is 2.56. The lowest BCUT2D eigenvalue weighted by Crippen LogP contribution is -2.46. The van der Waals surface area contributed by atoms with E-state index in [0.29, 0.717) is 116 Å². The molecule has 23 heteroatoms. The third kappa shape index (κ3) is 13.1. The van der Waals surface area contributed by atoms with Gasteiger partial charge in [0.1, 0.15) is 11.5 Å². The summed E-state index contributed by atoms with van der Waals surface area (Å²) >= 11 is 7.90. The van der Waals surface area contributed by atoms with E-state index in [2.05, 4.69) is 20.0 Å². The van der Waals surface area contributed by atoms with Gasteiger partial charge in [-0.15, -0.1) is 11.8 Å². The van der Waals surface area contributed by atoms with E-state index in [9.17, 15) is 37.4 Å². The Bertz CT molecular complexity index is 3300. The van der Waals surface area contributed by atoms with Crippen molar-refractivity contribution < 1.29 is 45.7 Å². The lowest BCUT2D eigenvalue weighted by atomic mass is 9.99. The first-order valence-electron chi connectivity index (χ1n) is 25.5. The van der Waals surface area contributed by atoms with Crippen LogP contribution in [0.2, 0.25) is 5.02 Å². The number of aromatic nitrogens is 1. The molecule has 3 aliphatic rings. The molecule has 3 aliphatic heterocycles. The van der Waals surface area contributed by atoms with Gasteiger partial charge in [-0.1, -0.05) is 41.9 Å². The highest BCUT2D eigenvalue weighted by Gasteiger charge is 2.41. The van der Waals surface area contributed by atoms with Crippen LogP contribution in [-0.2, 0) is 28.0 Å². The maximum Gasteiger partial charge on any atom is 0.469 e. The molecule has 3 saturated heterocycles. The first-order chi connectivity index (χ1) is 36.6. The summed E-state index contributed by atoms with van der Waals surface area (Å²) in [5, 5.41) is 16.9. The van der Waals surface area contributed by atoms with Gasteiger partial charge in [0.25, 0.3) is 5.69 Å². The van der Waals surface area contributed by atoms with Crippen LogP contribution in [0.5, 0.6) is 0 Å². The van der Waals surface area contributed by atoms with Crippen molar-refractivity contribution in [3.05, 3.63) is 142 Å². The number of halogens is 2. The maximum atomic E-state index is 15.8. The Hall–Kier alpha value is -5.24. The molecule has 6 aromatic rings. The van der Waals surface area contributed by atoms with Gasteiger partial charge in [0, 0.05) is 114 Å². The van der Waals surface area contributed by atoms with E-state index in [1.807, 2.05) is 91.2 Å². The van der Waals surface area contributed by atoms with Crippen LogP contribution in [0, 0.1) is 22.9 Å². The fourth-order valence-corrected chi connectivity index (χ4v) is 15.9. The predicted molar refractivity (Wildman–Crippen MR) is 305 cm³/mol. The topological polar surface area (TPSA) is 200 Å². The minimum Gasteiger partial charge on any atom is -0.376 e. The van der Waals surface area contributed by atoms with Gasteiger partial charge < -0.3 is 38.9 Å². The number of sulfone groups is 1. The average molecular weight is 1150 g/mol. The average Bonchev–Trinajstić information content (AvgIpc) is 4.15. The summed E-state index contributed by atoms with van der Waals surface area (Å²) in [7, 11) is -12.2. The molecule has 410 valence electrons. The van der Waals surface area contributed by atoms with Crippen molar-refractivity contribution in [1.29, 1.82) is 0 Å². The molecule has 9 rings (SSSR count). The molecule has 17 nitrogen and oxygen atoms in total. The number of nitrogens with one attached hydrogen (secondary N) is 1. The number of piperazine rings is 1. The van der Waals surface area contributed by atoms with Crippen LogP contribution in [-0.4, -0.2) is 116 Å². The molecule has 3 N–H and O–H groups in total. The van der Waals surface area contributed by atoms with Crippen LogP contribution < -0.4 is 25.1 Å². The normalized spacial score (nSPS) is 18.3. The lowest BCUT2D eigenvalue weighted by molar-refractivity contribution is -0.383. The smallest absolute Gasteiger partial charge is 0.376 e. The number of hydrogen-bond acceptors (Lipinski definition) is 13. The fourth-order valence-electron chi connectivity index (χ4n) is 10.7. The van der Waals surface area contributed by atoms with Gasteiger partial charge in [0.2, 0.25) is 0 Å². The maximum absolute atomic E-state index is 15.8. The molecule has 0 spiro atoms. The number of hydrogen-bond donors (Lipinski definition) is 3. The third-order valence-electron chi connectivity index (χ3n) is 14.3. The van der Waals surface area contributed by atoms with Gasteiger partial charge in [-0.25, -0.2) is 17.4 Å². The summed E-state index contributed by atoms with van der Waals surface area (Å²) in [6.45, 7) is 10.3. The van der Waals surface area contributed by atoms with Crippen LogP contribution in [0.4, 0.5) is 32.8 Å². The largest absolute Gasteiger partial charge is 0.469 e. The van der Waals surface area contributed by atoms with Crippen molar-refractivity contribution in [1.82, 2.24) is 9.47 Å². The Balaban J connectivity index is 0.888.